The van der Waals surface area contributed by atoms with Gasteiger partial charge in [0.1, 0.15) is 6.61 Å². The summed E-state index contributed by atoms with van der Waals surface area (Å²) in [6.45, 7) is 2.08. The third kappa shape index (κ3) is 5.20. The molecule has 38 heavy (non-hydrogen) atoms. The summed E-state index contributed by atoms with van der Waals surface area (Å²) in [5.41, 5.74) is 3.02. The zero-order chi connectivity index (χ0) is 27.2. The number of nitrogens with zero attached hydrogens (tertiary/aromatic N) is 1. The Hall–Kier alpha value is -4.72. The molecule has 3 aromatic rings. The molecule has 0 radical (unpaired) electrons. The Labute approximate surface area is 221 Å². The van der Waals surface area contributed by atoms with Gasteiger partial charge in [0.05, 0.1) is 45.3 Å². The number of rotatable bonds is 9. The lowest BCUT2D eigenvalue weighted by molar-refractivity contribution is -0.136. The minimum absolute atomic E-state index is 0.177. The van der Waals surface area contributed by atoms with Crippen LogP contribution >= 0.6 is 0 Å². The molecule has 1 aliphatic rings. The first kappa shape index (κ1) is 26.3. The lowest BCUT2D eigenvalue weighted by Crippen LogP contribution is -2.24. The molecule has 1 heterocycles. The molecule has 0 atom stereocenters. The van der Waals surface area contributed by atoms with Gasteiger partial charge in [0.25, 0.3) is 5.91 Å². The molecule has 0 aliphatic carbocycles. The van der Waals surface area contributed by atoms with Crippen LogP contribution in [-0.2, 0) is 20.9 Å². The number of carbonyl (C=O) groups is 2. The van der Waals surface area contributed by atoms with Gasteiger partial charge in [0.15, 0.2) is 23.0 Å². The fraction of sp³-hybridized carbons (Fsp3) is 0.200. The number of hydrogen-bond donors (Lipinski definition) is 0. The standard InChI is InChI=1S/C30H29NO7/c1-19-28(30(33)37-5)23(29(32)31(19)22-12-14-24(34-2)27(17-22)36-4)15-21-11-13-25(26(16-21)35-3)38-18-20-9-7-6-8-10-20/h6-17H,18H2,1-5H3/b23-15-. The van der Waals surface area contributed by atoms with Crippen molar-refractivity contribution in [3.8, 4) is 23.0 Å². The molecule has 8 heteroatoms. The third-order valence-electron chi connectivity index (χ3n) is 6.15. The second-order valence-corrected chi connectivity index (χ2v) is 8.37. The van der Waals surface area contributed by atoms with Crippen LogP contribution in [0.5, 0.6) is 23.0 Å². The van der Waals surface area contributed by atoms with Gasteiger partial charge in [0, 0.05) is 11.8 Å². The monoisotopic (exact) mass is 515 g/mol. The van der Waals surface area contributed by atoms with E-state index < -0.39 is 5.97 Å². The molecular weight excluding hydrogens is 486 g/mol. The number of ether oxygens (including phenoxy) is 5. The van der Waals surface area contributed by atoms with Crippen molar-refractivity contribution in [1.29, 1.82) is 0 Å². The Morgan fingerprint density at radius 2 is 1.47 bits per heavy atom. The fourth-order valence-electron chi connectivity index (χ4n) is 4.25. The van der Waals surface area contributed by atoms with Crippen molar-refractivity contribution in [2.75, 3.05) is 33.3 Å². The number of methoxy groups -OCH3 is 4. The summed E-state index contributed by atoms with van der Waals surface area (Å²) in [6, 6.07) is 20.2. The van der Waals surface area contributed by atoms with E-state index >= 15 is 0 Å². The molecule has 0 saturated heterocycles. The van der Waals surface area contributed by atoms with Gasteiger partial charge < -0.3 is 23.7 Å². The van der Waals surface area contributed by atoms with Crippen molar-refractivity contribution < 1.29 is 33.3 Å². The number of benzene rings is 3. The molecule has 0 unspecified atom stereocenters. The molecule has 1 aliphatic heterocycles. The fourth-order valence-corrected chi connectivity index (χ4v) is 4.25. The molecule has 0 N–H and O–H groups in total. The molecular formula is C30H29NO7. The summed E-state index contributed by atoms with van der Waals surface area (Å²) in [5.74, 6) is 1.05. The molecule has 4 rings (SSSR count). The van der Waals surface area contributed by atoms with Crippen LogP contribution in [-0.4, -0.2) is 40.3 Å². The lowest BCUT2D eigenvalue weighted by Gasteiger charge is -2.19. The quantitative estimate of drug-likeness (QED) is 0.287. The van der Waals surface area contributed by atoms with E-state index in [0.29, 0.717) is 46.6 Å². The first-order valence-electron chi connectivity index (χ1n) is 11.8. The van der Waals surface area contributed by atoms with E-state index in [1.54, 1.807) is 56.5 Å². The zero-order valence-corrected chi connectivity index (χ0v) is 21.9. The predicted octanol–water partition coefficient (Wildman–Crippen LogP) is 5.17. The molecule has 3 aromatic carbocycles. The van der Waals surface area contributed by atoms with E-state index in [4.69, 9.17) is 23.7 Å². The van der Waals surface area contributed by atoms with Crippen LogP contribution in [0.4, 0.5) is 5.69 Å². The van der Waals surface area contributed by atoms with Crippen molar-refractivity contribution >= 4 is 23.6 Å². The summed E-state index contributed by atoms with van der Waals surface area (Å²) in [6.07, 6.45) is 1.64. The van der Waals surface area contributed by atoms with E-state index in [0.717, 1.165) is 5.56 Å². The number of hydrogen-bond acceptors (Lipinski definition) is 7. The number of allylic oxidation sites excluding steroid dienone is 1. The zero-order valence-electron chi connectivity index (χ0n) is 21.9. The van der Waals surface area contributed by atoms with E-state index in [1.165, 1.54) is 26.2 Å². The highest BCUT2D eigenvalue weighted by molar-refractivity contribution is 6.23. The van der Waals surface area contributed by atoms with Crippen molar-refractivity contribution in [3.05, 3.63) is 94.7 Å². The van der Waals surface area contributed by atoms with Gasteiger partial charge in [-0.1, -0.05) is 36.4 Å². The topological polar surface area (TPSA) is 83.5 Å². The molecule has 0 bridgehead atoms. The number of anilines is 1. The largest absolute Gasteiger partial charge is 0.493 e. The number of carbonyl (C=O) groups excluding carboxylic acids is 2. The normalized spacial score (nSPS) is 14.1. The van der Waals surface area contributed by atoms with Crippen LogP contribution < -0.4 is 23.8 Å². The maximum absolute atomic E-state index is 13.7. The number of amides is 1. The minimum Gasteiger partial charge on any atom is -0.493 e. The highest BCUT2D eigenvalue weighted by Crippen LogP contribution is 2.39. The van der Waals surface area contributed by atoms with Crippen molar-refractivity contribution in [2.24, 2.45) is 0 Å². The van der Waals surface area contributed by atoms with Gasteiger partial charge in [-0.15, -0.1) is 0 Å². The summed E-state index contributed by atoms with van der Waals surface area (Å²) in [7, 11) is 5.88. The summed E-state index contributed by atoms with van der Waals surface area (Å²) in [4.78, 5) is 27.9. The highest BCUT2D eigenvalue weighted by Gasteiger charge is 2.38. The van der Waals surface area contributed by atoms with Crippen molar-refractivity contribution in [3.63, 3.8) is 0 Å². The van der Waals surface area contributed by atoms with Crippen molar-refractivity contribution in [1.82, 2.24) is 0 Å². The van der Waals surface area contributed by atoms with Gasteiger partial charge in [-0.05, 0) is 48.4 Å². The van der Waals surface area contributed by atoms with Gasteiger partial charge >= 0.3 is 5.97 Å². The Balaban J connectivity index is 1.70. The Kier molecular flexibility index (Phi) is 8.01. The van der Waals surface area contributed by atoms with Gasteiger partial charge in [-0.25, -0.2) is 4.79 Å². The van der Waals surface area contributed by atoms with Gasteiger partial charge in [-0.2, -0.15) is 0 Å². The van der Waals surface area contributed by atoms with Crippen molar-refractivity contribution in [2.45, 2.75) is 13.5 Å². The van der Waals surface area contributed by atoms with E-state index in [9.17, 15) is 9.59 Å². The molecule has 0 aromatic heterocycles. The maximum Gasteiger partial charge on any atom is 0.340 e. The molecule has 1 amide bonds. The highest BCUT2D eigenvalue weighted by atomic mass is 16.5. The molecule has 8 nitrogen and oxygen atoms in total. The van der Waals surface area contributed by atoms with Crippen LogP contribution in [0.15, 0.2) is 83.6 Å². The van der Waals surface area contributed by atoms with E-state index in [2.05, 4.69) is 0 Å². The smallest absolute Gasteiger partial charge is 0.340 e. The first-order valence-corrected chi connectivity index (χ1v) is 11.8. The van der Waals surface area contributed by atoms with Gasteiger partial charge in [0.2, 0.25) is 0 Å². The van der Waals surface area contributed by atoms with Gasteiger partial charge in [-0.3, -0.25) is 9.69 Å². The van der Waals surface area contributed by atoms with Crippen LogP contribution in [0.1, 0.15) is 18.1 Å². The SMILES string of the molecule is COC(=O)C1=C(C)N(c2ccc(OC)c(OC)c2)C(=O)/C1=C\c1ccc(OCc2ccccc2)c(OC)c1. The summed E-state index contributed by atoms with van der Waals surface area (Å²) >= 11 is 0. The van der Waals surface area contributed by atoms with Crippen LogP contribution in [0.25, 0.3) is 6.08 Å². The Morgan fingerprint density at radius 3 is 2.13 bits per heavy atom. The van der Waals surface area contributed by atoms with E-state index in [1.807, 2.05) is 30.3 Å². The van der Waals surface area contributed by atoms with Crippen LogP contribution in [0.2, 0.25) is 0 Å². The van der Waals surface area contributed by atoms with Crippen LogP contribution in [0.3, 0.4) is 0 Å². The summed E-state index contributed by atoms with van der Waals surface area (Å²) in [5, 5.41) is 0. The molecule has 0 spiro atoms. The average molecular weight is 516 g/mol. The molecule has 0 saturated carbocycles. The predicted molar refractivity (Wildman–Crippen MR) is 143 cm³/mol. The second kappa shape index (κ2) is 11.6. The summed E-state index contributed by atoms with van der Waals surface area (Å²) < 4.78 is 27.2. The van der Waals surface area contributed by atoms with Crippen LogP contribution in [0, 0.1) is 0 Å². The molecule has 0 fully saturated rings. The van der Waals surface area contributed by atoms with E-state index in [-0.39, 0.29) is 17.1 Å². The third-order valence-corrected chi connectivity index (χ3v) is 6.15. The molecule has 196 valence electrons. The Bertz CT molecular complexity index is 1410. The second-order valence-electron chi connectivity index (χ2n) is 8.37. The number of esters is 1. The Morgan fingerprint density at radius 1 is 0.816 bits per heavy atom. The lowest BCUT2D eigenvalue weighted by atomic mass is 10.0. The minimum atomic E-state index is -0.611. The first-order chi connectivity index (χ1) is 18.4. The maximum atomic E-state index is 13.7. The average Bonchev–Trinajstić information content (AvgIpc) is 3.20.